The first-order valence-corrected chi connectivity index (χ1v) is 9.96. The topological polar surface area (TPSA) is 62.1 Å². The fourth-order valence-corrected chi connectivity index (χ4v) is 4.18. The second kappa shape index (κ2) is 8.93. The molecule has 28 heavy (non-hydrogen) atoms. The van der Waals surface area contributed by atoms with Gasteiger partial charge in [-0.2, -0.15) is 4.99 Å². The summed E-state index contributed by atoms with van der Waals surface area (Å²) in [7, 11) is 3.17. The number of benzene rings is 2. The normalized spacial score (nSPS) is 11.6. The Labute approximate surface area is 168 Å². The lowest BCUT2D eigenvalue weighted by molar-refractivity contribution is -0.117. The maximum Gasteiger partial charge on any atom is 0.252 e. The smallest absolute Gasteiger partial charge is 0.252 e. The Morgan fingerprint density at radius 2 is 1.93 bits per heavy atom. The Hall–Kier alpha value is -2.80. The molecule has 7 heteroatoms. The van der Waals surface area contributed by atoms with Crippen LogP contribution >= 0.6 is 11.3 Å². The highest BCUT2D eigenvalue weighted by Crippen LogP contribution is 2.28. The number of hydrogen-bond donors (Lipinski definition) is 0. The van der Waals surface area contributed by atoms with Gasteiger partial charge in [-0.15, -0.1) is 0 Å². The molecule has 148 valence electrons. The number of amides is 1. The Morgan fingerprint density at radius 1 is 1.11 bits per heavy atom. The summed E-state index contributed by atoms with van der Waals surface area (Å²) in [6.07, 6.45) is 0.156. The lowest BCUT2D eigenvalue weighted by atomic mass is 10.1. The molecule has 0 radical (unpaired) electrons. The minimum atomic E-state index is -0.227. The summed E-state index contributed by atoms with van der Waals surface area (Å²) in [6, 6.07) is 11.3. The maximum absolute atomic E-state index is 12.7. The molecule has 0 bridgehead atoms. The van der Waals surface area contributed by atoms with Gasteiger partial charge in [0.25, 0.3) is 5.91 Å². The third-order valence-corrected chi connectivity index (χ3v) is 5.38. The van der Waals surface area contributed by atoms with Crippen LogP contribution in [0.5, 0.6) is 17.2 Å². The second-order valence-electron chi connectivity index (χ2n) is 6.02. The molecule has 0 aliphatic rings. The van der Waals surface area contributed by atoms with E-state index in [4.69, 9.17) is 14.2 Å². The molecule has 0 N–H and O–H groups in total. The predicted octanol–water partition coefficient (Wildman–Crippen LogP) is 3.81. The number of rotatable bonds is 7. The van der Waals surface area contributed by atoms with E-state index in [2.05, 4.69) is 4.99 Å². The van der Waals surface area contributed by atoms with E-state index in [0.29, 0.717) is 29.5 Å². The molecule has 6 nitrogen and oxygen atoms in total. The average Bonchev–Trinajstić information content (AvgIpc) is 3.06. The number of para-hydroxylation sites is 1. The van der Waals surface area contributed by atoms with Crippen molar-refractivity contribution in [2.24, 2.45) is 4.99 Å². The maximum atomic E-state index is 12.7. The van der Waals surface area contributed by atoms with Crippen molar-refractivity contribution < 1.29 is 19.0 Å². The lowest BCUT2D eigenvalue weighted by Gasteiger charge is -2.09. The van der Waals surface area contributed by atoms with E-state index in [1.54, 1.807) is 20.3 Å². The summed E-state index contributed by atoms with van der Waals surface area (Å²) in [5.41, 5.74) is 1.75. The predicted molar refractivity (Wildman–Crippen MR) is 110 cm³/mol. The highest BCUT2D eigenvalue weighted by molar-refractivity contribution is 7.16. The Balaban J connectivity index is 1.98. The van der Waals surface area contributed by atoms with Gasteiger partial charge in [0.05, 0.1) is 31.9 Å². The number of aromatic nitrogens is 1. The fourth-order valence-electron chi connectivity index (χ4n) is 3.06. The molecule has 3 rings (SSSR count). The van der Waals surface area contributed by atoms with Gasteiger partial charge in [0, 0.05) is 18.2 Å². The monoisotopic (exact) mass is 400 g/mol. The van der Waals surface area contributed by atoms with E-state index in [-0.39, 0.29) is 12.3 Å². The van der Waals surface area contributed by atoms with Crippen molar-refractivity contribution in [2.75, 3.05) is 20.8 Å². The fraction of sp³-hybridized carbons (Fsp3) is 0.333. The number of fused-ring (bicyclic) bond motifs is 1. The Bertz CT molecular complexity index is 1050. The molecule has 0 saturated heterocycles. The molecule has 0 aliphatic carbocycles. The van der Waals surface area contributed by atoms with Crippen molar-refractivity contribution in [2.45, 2.75) is 26.8 Å². The summed E-state index contributed by atoms with van der Waals surface area (Å²) in [6.45, 7) is 5.27. The number of nitrogens with zero attached hydrogens (tertiary/aromatic N) is 2. The second-order valence-corrected chi connectivity index (χ2v) is 7.03. The molecule has 3 aromatic rings. The van der Waals surface area contributed by atoms with Crippen molar-refractivity contribution in [1.82, 2.24) is 4.57 Å². The average molecular weight is 401 g/mol. The molecule has 1 amide bonds. The van der Waals surface area contributed by atoms with Crippen LogP contribution in [0.25, 0.3) is 10.2 Å². The van der Waals surface area contributed by atoms with E-state index < -0.39 is 0 Å². The van der Waals surface area contributed by atoms with Crippen LogP contribution < -0.4 is 19.0 Å². The van der Waals surface area contributed by atoms with E-state index >= 15 is 0 Å². The van der Waals surface area contributed by atoms with E-state index in [9.17, 15) is 4.79 Å². The standard InChI is InChI=1S/C21H24N2O4S/c1-5-23-20-16(27-6-2)8-7-9-18(20)28-21(23)22-19(24)12-14-10-11-15(25-3)13-17(14)26-4/h7-11,13H,5-6,12H2,1-4H3. The van der Waals surface area contributed by atoms with Crippen molar-refractivity contribution in [3.63, 3.8) is 0 Å². The largest absolute Gasteiger partial charge is 0.497 e. The van der Waals surface area contributed by atoms with Gasteiger partial charge in [0.1, 0.15) is 22.8 Å². The summed E-state index contributed by atoms with van der Waals surface area (Å²) < 4.78 is 19.4. The summed E-state index contributed by atoms with van der Waals surface area (Å²) in [5, 5.41) is 0. The number of hydrogen-bond acceptors (Lipinski definition) is 5. The number of ether oxygens (including phenoxy) is 3. The van der Waals surface area contributed by atoms with Gasteiger partial charge in [0.2, 0.25) is 0 Å². The molecule has 1 aromatic heterocycles. The van der Waals surface area contributed by atoms with Crippen molar-refractivity contribution >= 4 is 27.5 Å². The molecule has 0 spiro atoms. The minimum Gasteiger partial charge on any atom is -0.497 e. The number of carbonyl (C=O) groups excluding carboxylic acids is 1. The first-order chi connectivity index (χ1) is 13.6. The van der Waals surface area contributed by atoms with Gasteiger partial charge in [-0.1, -0.05) is 23.5 Å². The first-order valence-electron chi connectivity index (χ1n) is 9.14. The molecule has 2 aromatic carbocycles. The first kappa shape index (κ1) is 19.9. The van der Waals surface area contributed by atoms with E-state index in [0.717, 1.165) is 21.5 Å². The van der Waals surface area contributed by atoms with Crippen molar-refractivity contribution in [1.29, 1.82) is 0 Å². The quantitative estimate of drug-likeness (QED) is 0.605. The van der Waals surface area contributed by atoms with Gasteiger partial charge in [-0.3, -0.25) is 4.79 Å². The van der Waals surface area contributed by atoms with Crippen LogP contribution in [0, 0.1) is 0 Å². The van der Waals surface area contributed by atoms with Crippen LogP contribution in [0.2, 0.25) is 0 Å². The van der Waals surface area contributed by atoms with Crippen LogP contribution in [0.3, 0.4) is 0 Å². The summed E-state index contributed by atoms with van der Waals surface area (Å²) in [5.74, 6) is 1.88. The van der Waals surface area contributed by atoms with Crippen LogP contribution in [-0.4, -0.2) is 31.3 Å². The Morgan fingerprint density at radius 3 is 2.61 bits per heavy atom. The number of thiazole rings is 1. The molecule has 0 atom stereocenters. The third kappa shape index (κ3) is 4.04. The van der Waals surface area contributed by atoms with Gasteiger partial charge in [-0.25, -0.2) is 0 Å². The van der Waals surface area contributed by atoms with Crippen LogP contribution in [0.15, 0.2) is 41.4 Å². The zero-order valence-corrected chi connectivity index (χ0v) is 17.3. The van der Waals surface area contributed by atoms with Gasteiger partial charge in [-0.05, 0) is 32.0 Å². The van der Waals surface area contributed by atoms with Crippen molar-refractivity contribution in [3.05, 3.63) is 46.8 Å². The molecule has 1 heterocycles. The van der Waals surface area contributed by atoms with Gasteiger partial charge >= 0.3 is 0 Å². The van der Waals surface area contributed by atoms with Crippen LogP contribution in [0.1, 0.15) is 19.4 Å². The highest BCUT2D eigenvalue weighted by Gasteiger charge is 2.13. The van der Waals surface area contributed by atoms with Crippen LogP contribution in [-0.2, 0) is 17.8 Å². The molecule has 0 fully saturated rings. The van der Waals surface area contributed by atoms with Gasteiger partial charge in [0.15, 0.2) is 4.80 Å². The molecule has 0 aliphatic heterocycles. The van der Waals surface area contributed by atoms with Crippen molar-refractivity contribution in [3.8, 4) is 17.2 Å². The zero-order valence-electron chi connectivity index (χ0n) is 16.5. The lowest BCUT2D eigenvalue weighted by Crippen LogP contribution is -2.17. The molecule has 0 saturated carbocycles. The molecule has 0 unspecified atom stereocenters. The summed E-state index contributed by atoms with van der Waals surface area (Å²) >= 11 is 1.49. The van der Waals surface area contributed by atoms with E-state index in [1.807, 2.05) is 48.7 Å². The number of aryl methyl sites for hydroxylation is 1. The SMILES string of the molecule is CCOc1cccc2sc(=NC(=O)Cc3ccc(OC)cc3OC)n(CC)c12. The van der Waals surface area contributed by atoms with E-state index in [1.165, 1.54) is 11.3 Å². The molecular weight excluding hydrogens is 376 g/mol. The number of methoxy groups -OCH3 is 2. The molecular formula is C21H24N2O4S. The Kier molecular flexibility index (Phi) is 6.36. The zero-order chi connectivity index (χ0) is 20.1. The third-order valence-electron chi connectivity index (χ3n) is 4.34. The summed E-state index contributed by atoms with van der Waals surface area (Å²) in [4.78, 5) is 17.7. The highest BCUT2D eigenvalue weighted by atomic mass is 32.1. The van der Waals surface area contributed by atoms with Crippen LogP contribution in [0.4, 0.5) is 0 Å². The number of carbonyl (C=O) groups is 1. The van der Waals surface area contributed by atoms with Gasteiger partial charge < -0.3 is 18.8 Å². The minimum absolute atomic E-state index is 0.156.